The van der Waals surface area contributed by atoms with E-state index in [0.717, 1.165) is 17.7 Å². The van der Waals surface area contributed by atoms with Gasteiger partial charge in [-0.05, 0) is 18.6 Å². The van der Waals surface area contributed by atoms with Crippen LogP contribution in [0, 0.1) is 0 Å². The highest BCUT2D eigenvalue weighted by molar-refractivity contribution is 6.32. The average molecular weight is 349 g/mol. The lowest BCUT2D eigenvalue weighted by atomic mass is 10.2. The summed E-state index contributed by atoms with van der Waals surface area (Å²) in [5.41, 5.74) is 3.43. The van der Waals surface area contributed by atoms with Gasteiger partial charge >= 0.3 is 0 Å². The van der Waals surface area contributed by atoms with Crippen molar-refractivity contribution in [2.24, 2.45) is 5.10 Å². The maximum atomic E-state index is 11.4. The highest BCUT2D eigenvalue weighted by Gasteiger charge is 2.04. The van der Waals surface area contributed by atoms with Gasteiger partial charge in [0.2, 0.25) is 0 Å². The number of rotatable bonds is 9. The minimum atomic E-state index is -0.465. The molecule has 7 heteroatoms. The van der Waals surface area contributed by atoms with Crippen molar-refractivity contribution in [2.45, 2.75) is 32.6 Å². The van der Waals surface area contributed by atoms with Gasteiger partial charge in [-0.3, -0.25) is 10.2 Å². The molecule has 0 atom stereocenters. The Bertz CT molecular complexity index is 731. The number of anilines is 1. The summed E-state index contributed by atoms with van der Waals surface area (Å²) >= 11 is 5.87. The lowest BCUT2D eigenvalue weighted by molar-refractivity contribution is 0.304. The van der Waals surface area contributed by atoms with Gasteiger partial charge in [0.05, 0.1) is 19.0 Å². The average Bonchev–Trinajstić information content (AvgIpc) is 2.59. The molecule has 1 heterocycles. The maximum absolute atomic E-state index is 11.4. The molecule has 0 saturated carbocycles. The Morgan fingerprint density at radius 1 is 1.33 bits per heavy atom. The Hall–Kier alpha value is -2.34. The molecule has 2 rings (SSSR count). The van der Waals surface area contributed by atoms with Crippen LogP contribution in [0.5, 0.6) is 5.75 Å². The molecule has 0 unspecified atom stereocenters. The van der Waals surface area contributed by atoms with Crippen molar-refractivity contribution >= 4 is 23.5 Å². The Labute approximate surface area is 145 Å². The summed E-state index contributed by atoms with van der Waals surface area (Å²) in [6.07, 6.45) is 7.65. The zero-order valence-corrected chi connectivity index (χ0v) is 14.3. The minimum absolute atomic E-state index is 0.0163. The number of hydrogen-bond donors (Lipinski definition) is 2. The number of aromatic nitrogens is 2. The minimum Gasteiger partial charge on any atom is -0.493 e. The van der Waals surface area contributed by atoms with Crippen LogP contribution in [-0.2, 0) is 0 Å². The smallest absolute Gasteiger partial charge is 0.285 e. The van der Waals surface area contributed by atoms with Crippen LogP contribution in [0.25, 0.3) is 0 Å². The number of para-hydroxylation sites is 1. The molecule has 0 aliphatic heterocycles. The van der Waals surface area contributed by atoms with Crippen LogP contribution in [0.4, 0.5) is 5.69 Å². The topological polar surface area (TPSA) is 79.4 Å². The molecule has 0 aliphatic rings. The molecule has 1 aromatic carbocycles. The number of ether oxygens (including phenoxy) is 1. The number of benzene rings is 1. The van der Waals surface area contributed by atoms with Crippen molar-refractivity contribution in [1.29, 1.82) is 0 Å². The van der Waals surface area contributed by atoms with Crippen molar-refractivity contribution in [3.8, 4) is 5.75 Å². The summed E-state index contributed by atoms with van der Waals surface area (Å²) in [7, 11) is 0. The van der Waals surface area contributed by atoms with Gasteiger partial charge in [-0.1, -0.05) is 49.9 Å². The molecular weight excluding hydrogens is 328 g/mol. The normalized spacial score (nSPS) is 10.9. The zero-order chi connectivity index (χ0) is 17.2. The van der Waals surface area contributed by atoms with Crippen molar-refractivity contribution in [1.82, 2.24) is 10.2 Å². The van der Waals surface area contributed by atoms with E-state index in [4.69, 9.17) is 16.3 Å². The Balaban J connectivity index is 1.96. The number of aromatic amines is 1. The molecule has 0 bridgehead atoms. The molecule has 2 N–H and O–H groups in total. The second-order valence-corrected chi connectivity index (χ2v) is 5.62. The number of hydrazone groups is 1. The van der Waals surface area contributed by atoms with E-state index in [9.17, 15) is 4.79 Å². The van der Waals surface area contributed by atoms with Crippen LogP contribution in [0.3, 0.4) is 0 Å². The third kappa shape index (κ3) is 5.38. The molecule has 6 nitrogen and oxygen atoms in total. The summed E-state index contributed by atoms with van der Waals surface area (Å²) in [6, 6.07) is 7.64. The summed E-state index contributed by atoms with van der Waals surface area (Å²) in [4.78, 5) is 11.4. The van der Waals surface area contributed by atoms with Crippen molar-refractivity contribution < 1.29 is 4.74 Å². The molecule has 128 valence electrons. The van der Waals surface area contributed by atoms with Gasteiger partial charge in [0.25, 0.3) is 5.56 Å². The molecule has 0 saturated heterocycles. The largest absolute Gasteiger partial charge is 0.493 e. The van der Waals surface area contributed by atoms with Crippen LogP contribution >= 0.6 is 11.6 Å². The molecule has 0 amide bonds. The van der Waals surface area contributed by atoms with Crippen molar-refractivity contribution in [2.75, 3.05) is 12.0 Å². The number of nitrogens with one attached hydrogen (secondary N) is 2. The van der Waals surface area contributed by atoms with Crippen LogP contribution in [-0.4, -0.2) is 23.0 Å². The second kappa shape index (κ2) is 9.72. The molecular formula is C17H21ClN4O2. The van der Waals surface area contributed by atoms with Gasteiger partial charge in [-0.25, -0.2) is 5.10 Å². The lowest BCUT2D eigenvalue weighted by Crippen LogP contribution is -2.10. The van der Waals surface area contributed by atoms with E-state index in [1.807, 2.05) is 24.3 Å². The highest BCUT2D eigenvalue weighted by atomic mass is 35.5. The van der Waals surface area contributed by atoms with Gasteiger partial charge < -0.3 is 4.74 Å². The van der Waals surface area contributed by atoms with Crippen molar-refractivity contribution in [3.63, 3.8) is 0 Å². The predicted molar refractivity (Wildman–Crippen MR) is 97.2 cm³/mol. The van der Waals surface area contributed by atoms with E-state index in [1.165, 1.54) is 25.5 Å². The molecule has 2 aromatic rings. The first kappa shape index (κ1) is 18.0. The summed E-state index contributed by atoms with van der Waals surface area (Å²) in [5.74, 6) is 0.773. The number of nitrogens with zero attached hydrogens (tertiary/aromatic N) is 2. The fourth-order valence-electron chi connectivity index (χ4n) is 2.06. The van der Waals surface area contributed by atoms with Gasteiger partial charge in [-0.2, -0.15) is 10.2 Å². The fraction of sp³-hybridized carbons (Fsp3) is 0.353. The lowest BCUT2D eigenvalue weighted by Gasteiger charge is -2.08. The van der Waals surface area contributed by atoms with Crippen LogP contribution in [0.1, 0.15) is 38.2 Å². The summed E-state index contributed by atoms with van der Waals surface area (Å²) in [5, 5.41) is 10.0. The first-order valence-corrected chi connectivity index (χ1v) is 8.34. The monoisotopic (exact) mass is 348 g/mol. The van der Waals surface area contributed by atoms with Gasteiger partial charge in [-0.15, -0.1) is 0 Å². The fourth-order valence-corrected chi connectivity index (χ4v) is 2.20. The SMILES string of the molecule is CCCCCCOc1ccccc1/C=N/Nc1cn[nH]c(=O)c1Cl. The van der Waals surface area contributed by atoms with Crippen LogP contribution in [0.15, 0.2) is 40.4 Å². The highest BCUT2D eigenvalue weighted by Crippen LogP contribution is 2.18. The second-order valence-electron chi connectivity index (χ2n) is 5.24. The molecule has 0 aliphatic carbocycles. The summed E-state index contributed by atoms with van der Waals surface area (Å²) < 4.78 is 5.82. The maximum Gasteiger partial charge on any atom is 0.285 e. The number of halogens is 1. The predicted octanol–water partition coefficient (Wildman–Crippen LogP) is 3.83. The summed E-state index contributed by atoms with van der Waals surface area (Å²) in [6.45, 7) is 2.87. The first-order chi connectivity index (χ1) is 11.7. The molecule has 1 aromatic heterocycles. The number of unbranched alkanes of at least 4 members (excludes halogenated alkanes) is 3. The standard InChI is InChI=1S/C17H21ClN4O2/c1-2-3-4-7-10-24-15-9-6-5-8-13(15)11-19-21-14-12-20-22-17(23)16(14)18/h5-6,8-9,11-12H,2-4,7,10H2,1H3,(H2,21,22,23)/b19-11+. The number of H-pyrrole nitrogens is 1. The Morgan fingerprint density at radius 2 is 2.17 bits per heavy atom. The van der Waals surface area contributed by atoms with E-state index in [1.54, 1.807) is 6.21 Å². The van der Waals surface area contributed by atoms with E-state index in [0.29, 0.717) is 12.3 Å². The van der Waals surface area contributed by atoms with Crippen LogP contribution < -0.4 is 15.7 Å². The zero-order valence-electron chi connectivity index (χ0n) is 13.6. The van der Waals surface area contributed by atoms with E-state index >= 15 is 0 Å². The van der Waals surface area contributed by atoms with E-state index < -0.39 is 5.56 Å². The third-order valence-electron chi connectivity index (χ3n) is 3.36. The van der Waals surface area contributed by atoms with Gasteiger partial charge in [0.15, 0.2) is 0 Å². The molecule has 24 heavy (non-hydrogen) atoms. The van der Waals surface area contributed by atoms with Crippen LogP contribution in [0.2, 0.25) is 5.02 Å². The number of hydrogen-bond acceptors (Lipinski definition) is 5. The molecule has 0 radical (unpaired) electrons. The van der Waals surface area contributed by atoms with Gasteiger partial charge in [0, 0.05) is 5.56 Å². The first-order valence-electron chi connectivity index (χ1n) is 7.96. The van der Waals surface area contributed by atoms with Gasteiger partial charge in [0.1, 0.15) is 16.5 Å². The molecule has 0 spiro atoms. The quantitative estimate of drug-likeness (QED) is 0.410. The third-order valence-corrected chi connectivity index (χ3v) is 3.73. The van der Waals surface area contributed by atoms with E-state index in [2.05, 4.69) is 27.6 Å². The Kier molecular flexibility index (Phi) is 7.29. The molecule has 0 fully saturated rings. The Morgan fingerprint density at radius 3 is 3.00 bits per heavy atom. The van der Waals surface area contributed by atoms with Crippen molar-refractivity contribution in [3.05, 3.63) is 51.4 Å². The van der Waals surface area contributed by atoms with E-state index in [-0.39, 0.29) is 5.02 Å².